The standard InChI is InChI=1S/C13H21N3O/c1-9(10-6-7-10)13-15-12(16-17-13)11-5-3-2-4-8-14-11/h9-11,14H,2-8H2,1H3. The van der Waals surface area contributed by atoms with Crippen LogP contribution in [0.15, 0.2) is 4.52 Å². The molecule has 1 aromatic heterocycles. The molecule has 2 atom stereocenters. The topological polar surface area (TPSA) is 51.0 Å². The summed E-state index contributed by atoms with van der Waals surface area (Å²) in [6, 6.07) is 0.307. The fourth-order valence-corrected chi connectivity index (χ4v) is 2.62. The van der Waals surface area contributed by atoms with Crippen LogP contribution in [0.1, 0.15) is 69.1 Å². The molecule has 0 bridgehead atoms. The molecule has 1 aliphatic carbocycles. The van der Waals surface area contributed by atoms with Crippen LogP contribution in [-0.2, 0) is 0 Å². The second kappa shape index (κ2) is 4.77. The minimum absolute atomic E-state index is 0.307. The Kier molecular flexibility index (Phi) is 3.14. The Morgan fingerprint density at radius 1 is 1.24 bits per heavy atom. The molecular weight excluding hydrogens is 214 g/mol. The van der Waals surface area contributed by atoms with Crippen molar-refractivity contribution in [3.63, 3.8) is 0 Å². The highest BCUT2D eigenvalue weighted by atomic mass is 16.5. The van der Waals surface area contributed by atoms with Crippen LogP contribution in [0.4, 0.5) is 0 Å². The van der Waals surface area contributed by atoms with Gasteiger partial charge in [0.2, 0.25) is 5.89 Å². The monoisotopic (exact) mass is 235 g/mol. The summed E-state index contributed by atoms with van der Waals surface area (Å²) >= 11 is 0. The zero-order chi connectivity index (χ0) is 11.7. The number of hydrogen-bond acceptors (Lipinski definition) is 4. The van der Waals surface area contributed by atoms with E-state index in [-0.39, 0.29) is 0 Å². The predicted molar refractivity (Wildman–Crippen MR) is 64.6 cm³/mol. The van der Waals surface area contributed by atoms with E-state index in [0.29, 0.717) is 12.0 Å². The lowest BCUT2D eigenvalue weighted by Crippen LogP contribution is -2.21. The van der Waals surface area contributed by atoms with E-state index < -0.39 is 0 Å². The normalized spacial score (nSPS) is 27.7. The molecule has 1 N–H and O–H groups in total. The molecule has 17 heavy (non-hydrogen) atoms. The van der Waals surface area contributed by atoms with E-state index in [4.69, 9.17) is 4.52 Å². The summed E-state index contributed by atoms with van der Waals surface area (Å²) in [4.78, 5) is 4.60. The van der Waals surface area contributed by atoms with Gasteiger partial charge in [-0.1, -0.05) is 24.9 Å². The highest BCUT2D eigenvalue weighted by Crippen LogP contribution is 2.41. The van der Waals surface area contributed by atoms with E-state index in [0.717, 1.165) is 30.6 Å². The van der Waals surface area contributed by atoms with Crippen molar-refractivity contribution in [3.05, 3.63) is 11.7 Å². The average molecular weight is 235 g/mol. The van der Waals surface area contributed by atoms with Crippen molar-refractivity contribution in [2.75, 3.05) is 6.54 Å². The molecule has 4 nitrogen and oxygen atoms in total. The fourth-order valence-electron chi connectivity index (χ4n) is 2.62. The third kappa shape index (κ3) is 2.51. The average Bonchev–Trinajstić information content (AvgIpc) is 3.12. The van der Waals surface area contributed by atoms with Gasteiger partial charge in [0.15, 0.2) is 5.82 Å². The van der Waals surface area contributed by atoms with Crippen LogP contribution < -0.4 is 5.32 Å². The van der Waals surface area contributed by atoms with Gasteiger partial charge in [-0.05, 0) is 38.1 Å². The lowest BCUT2D eigenvalue weighted by Gasteiger charge is -2.10. The van der Waals surface area contributed by atoms with E-state index in [2.05, 4.69) is 22.4 Å². The van der Waals surface area contributed by atoms with Gasteiger partial charge in [-0.15, -0.1) is 0 Å². The number of nitrogens with zero attached hydrogens (tertiary/aromatic N) is 2. The Labute approximate surface area is 102 Å². The van der Waals surface area contributed by atoms with Gasteiger partial charge in [-0.2, -0.15) is 4.98 Å². The molecule has 1 saturated carbocycles. The van der Waals surface area contributed by atoms with E-state index in [1.807, 2.05) is 0 Å². The maximum Gasteiger partial charge on any atom is 0.229 e. The van der Waals surface area contributed by atoms with Crippen LogP contribution in [0.2, 0.25) is 0 Å². The first-order valence-corrected chi connectivity index (χ1v) is 6.91. The molecule has 1 aliphatic heterocycles. The summed E-state index contributed by atoms with van der Waals surface area (Å²) in [5, 5.41) is 7.67. The number of rotatable bonds is 3. The molecule has 2 fully saturated rings. The fraction of sp³-hybridized carbons (Fsp3) is 0.846. The van der Waals surface area contributed by atoms with Crippen molar-refractivity contribution in [2.45, 2.75) is 57.4 Å². The summed E-state index contributed by atoms with van der Waals surface area (Å²) in [5.41, 5.74) is 0. The predicted octanol–water partition coefficient (Wildman–Crippen LogP) is 2.79. The smallest absolute Gasteiger partial charge is 0.229 e. The first-order valence-electron chi connectivity index (χ1n) is 6.91. The number of nitrogens with one attached hydrogen (secondary N) is 1. The van der Waals surface area contributed by atoms with Crippen LogP contribution in [-0.4, -0.2) is 16.7 Å². The van der Waals surface area contributed by atoms with Crippen LogP contribution >= 0.6 is 0 Å². The molecule has 3 rings (SSSR count). The first kappa shape index (κ1) is 11.2. The van der Waals surface area contributed by atoms with E-state index in [1.54, 1.807) is 0 Å². The zero-order valence-corrected chi connectivity index (χ0v) is 10.5. The van der Waals surface area contributed by atoms with Crippen LogP contribution in [0.5, 0.6) is 0 Å². The van der Waals surface area contributed by atoms with Crippen LogP contribution in [0, 0.1) is 5.92 Å². The van der Waals surface area contributed by atoms with Gasteiger partial charge in [0.25, 0.3) is 0 Å². The lowest BCUT2D eigenvalue weighted by atomic mass is 10.1. The molecule has 94 valence electrons. The Bertz CT molecular complexity index is 364. The van der Waals surface area contributed by atoms with Crippen molar-refractivity contribution in [3.8, 4) is 0 Å². The van der Waals surface area contributed by atoms with E-state index in [1.165, 1.54) is 32.1 Å². The molecule has 4 heteroatoms. The molecule has 0 aromatic carbocycles. The summed E-state index contributed by atoms with van der Waals surface area (Å²) in [6.07, 6.45) is 7.62. The van der Waals surface area contributed by atoms with Gasteiger partial charge in [0.1, 0.15) is 0 Å². The summed E-state index contributed by atoms with van der Waals surface area (Å²) in [5.74, 6) is 2.94. The first-order chi connectivity index (χ1) is 8.34. The lowest BCUT2D eigenvalue weighted by molar-refractivity contribution is 0.339. The molecule has 0 amide bonds. The minimum Gasteiger partial charge on any atom is -0.339 e. The second-order valence-electron chi connectivity index (χ2n) is 5.47. The molecule has 2 aliphatic rings. The summed E-state index contributed by atoms with van der Waals surface area (Å²) in [6.45, 7) is 3.28. The van der Waals surface area contributed by atoms with Crippen molar-refractivity contribution >= 4 is 0 Å². The quantitative estimate of drug-likeness (QED) is 0.875. The van der Waals surface area contributed by atoms with Gasteiger partial charge in [0.05, 0.1) is 6.04 Å². The molecule has 2 unspecified atom stereocenters. The maximum atomic E-state index is 5.42. The zero-order valence-electron chi connectivity index (χ0n) is 10.5. The Morgan fingerprint density at radius 2 is 2.12 bits per heavy atom. The molecule has 0 radical (unpaired) electrons. The van der Waals surface area contributed by atoms with Gasteiger partial charge in [-0.3, -0.25) is 0 Å². The maximum absolute atomic E-state index is 5.42. The van der Waals surface area contributed by atoms with Crippen molar-refractivity contribution in [1.29, 1.82) is 0 Å². The van der Waals surface area contributed by atoms with Gasteiger partial charge in [-0.25, -0.2) is 0 Å². The third-order valence-corrected chi connectivity index (χ3v) is 4.05. The number of hydrogen-bond donors (Lipinski definition) is 1. The molecule has 0 spiro atoms. The highest BCUT2D eigenvalue weighted by Gasteiger charge is 2.33. The van der Waals surface area contributed by atoms with Crippen molar-refractivity contribution in [2.24, 2.45) is 5.92 Å². The molecule has 1 aromatic rings. The molecule has 1 saturated heterocycles. The Morgan fingerprint density at radius 3 is 2.94 bits per heavy atom. The number of aromatic nitrogens is 2. The van der Waals surface area contributed by atoms with E-state index in [9.17, 15) is 0 Å². The Balaban J connectivity index is 1.69. The molecule has 2 heterocycles. The SMILES string of the molecule is CC(c1nc(C2CCCCCN2)no1)C1CC1. The van der Waals surface area contributed by atoms with Crippen molar-refractivity contribution in [1.82, 2.24) is 15.5 Å². The summed E-state index contributed by atoms with van der Waals surface area (Å²) in [7, 11) is 0. The minimum atomic E-state index is 0.307. The third-order valence-electron chi connectivity index (χ3n) is 4.05. The highest BCUT2D eigenvalue weighted by molar-refractivity contribution is 5.02. The van der Waals surface area contributed by atoms with Gasteiger partial charge in [0, 0.05) is 5.92 Å². The second-order valence-corrected chi connectivity index (χ2v) is 5.47. The Hall–Kier alpha value is -0.900. The summed E-state index contributed by atoms with van der Waals surface area (Å²) < 4.78 is 5.42. The van der Waals surface area contributed by atoms with Crippen LogP contribution in [0.25, 0.3) is 0 Å². The largest absolute Gasteiger partial charge is 0.339 e. The van der Waals surface area contributed by atoms with Gasteiger partial charge < -0.3 is 9.84 Å². The molecular formula is C13H21N3O. The van der Waals surface area contributed by atoms with E-state index >= 15 is 0 Å². The van der Waals surface area contributed by atoms with Gasteiger partial charge >= 0.3 is 0 Å². The van der Waals surface area contributed by atoms with Crippen molar-refractivity contribution < 1.29 is 4.52 Å². The van der Waals surface area contributed by atoms with Crippen LogP contribution in [0.3, 0.4) is 0 Å².